The number of aromatic amines is 1. The molecule has 1 aliphatic heterocycles. The summed E-state index contributed by atoms with van der Waals surface area (Å²) >= 11 is 0. The largest absolute Gasteiger partial charge is 0.324 e. The SMILES string of the molecule is CN1CCCC[C@@H]1C(=O)Nc1nc2ccc(C#N)cc2[nH]1. The van der Waals surface area contributed by atoms with Crippen molar-refractivity contribution in [2.24, 2.45) is 0 Å². The van der Waals surface area contributed by atoms with Crippen LogP contribution in [-0.4, -0.2) is 40.4 Å². The van der Waals surface area contributed by atoms with E-state index < -0.39 is 0 Å². The predicted octanol–water partition coefficient (Wildman–Crippen LogP) is 1.86. The van der Waals surface area contributed by atoms with Crippen LogP contribution in [0.2, 0.25) is 0 Å². The highest BCUT2D eigenvalue weighted by molar-refractivity contribution is 5.94. The Bertz CT molecular complexity index is 714. The minimum absolute atomic E-state index is 0.0308. The number of hydrogen-bond donors (Lipinski definition) is 2. The van der Waals surface area contributed by atoms with Crippen LogP contribution < -0.4 is 5.32 Å². The first-order chi connectivity index (χ1) is 10.2. The van der Waals surface area contributed by atoms with Gasteiger partial charge in [0, 0.05) is 0 Å². The summed E-state index contributed by atoms with van der Waals surface area (Å²) in [5, 5.41) is 11.7. The van der Waals surface area contributed by atoms with Crippen LogP contribution in [0.25, 0.3) is 11.0 Å². The van der Waals surface area contributed by atoms with Gasteiger partial charge in [-0.25, -0.2) is 4.98 Å². The van der Waals surface area contributed by atoms with Crippen molar-refractivity contribution in [3.05, 3.63) is 23.8 Å². The molecule has 1 fully saturated rings. The Labute approximate surface area is 122 Å². The first-order valence-corrected chi connectivity index (χ1v) is 7.08. The third-order valence-electron chi connectivity index (χ3n) is 3.93. The summed E-state index contributed by atoms with van der Waals surface area (Å²) < 4.78 is 0. The Hall–Kier alpha value is -2.39. The molecule has 0 spiro atoms. The summed E-state index contributed by atoms with van der Waals surface area (Å²) in [6.07, 6.45) is 3.09. The van der Waals surface area contributed by atoms with Gasteiger partial charge in [-0.05, 0) is 44.6 Å². The fraction of sp³-hybridized carbons (Fsp3) is 0.400. The van der Waals surface area contributed by atoms with Gasteiger partial charge in [-0.15, -0.1) is 0 Å². The van der Waals surface area contributed by atoms with Crippen LogP contribution in [0, 0.1) is 11.3 Å². The number of benzene rings is 1. The molecule has 3 rings (SSSR count). The number of nitrogens with zero attached hydrogens (tertiary/aromatic N) is 3. The molecule has 21 heavy (non-hydrogen) atoms. The number of imidazole rings is 1. The van der Waals surface area contributed by atoms with E-state index in [9.17, 15) is 4.79 Å². The van der Waals surface area contributed by atoms with Gasteiger partial charge in [0.2, 0.25) is 11.9 Å². The molecule has 1 amide bonds. The highest BCUT2D eigenvalue weighted by Crippen LogP contribution is 2.19. The van der Waals surface area contributed by atoms with Crippen molar-refractivity contribution < 1.29 is 4.79 Å². The average molecular weight is 283 g/mol. The molecule has 2 N–H and O–H groups in total. The molecule has 2 heterocycles. The van der Waals surface area contributed by atoms with E-state index in [2.05, 4.69) is 26.3 Å². The maximum atomic E-state index is 12.3. The minimum Gasteiger partial charge on any atom is -0.324 e. The maximum Gasteiger partial charge on any atom is 0.244 e. The van der Waals surface area contributed by atoms with Crippen molar-refractivity contribution in [1.29, 1.82) is 5.26 Å². The highest BCUT2D eigenvalue weighted by Gasteiger charge is 2.26. The third-order valence-corrected chi connectivity index (χ3v) is 3.93. The number of rotatable bonds is 2. The van der Waals surface area contributed by atoms with Crippen molar-refractivity contribution in [3.63, 3.8) is 0 Å². The molecule has 2 aromatic rings. The van der Waals surface area contributed by atoms with Crippen LogP contribution in [0.1, 0.15) is 24.8 Å². The standard InChI is InChI=1S/C15H17N5O/c1-20-7-3-2-4-13(20)14(21)19-15-17-11-6-5-10(9-16)8-12(11)18-15/h5-6,8,13H,2-4,7H2,1H3,(H2,17,18,19,21)/t13-/m1/s1. The summed E-state index contributed by atoms with van der Waals surface area (Å²) in [6, 6.07) is 7.20. The molecule has 1 aromatic carbocycles. The first-order valence-electron chi connectivity index (χ1n) is 7.08. The summed E-state index contributed by atoms with van der Waals surface area (Å²) in [4.78, 5) is 21.8. The number of nitriles is 1. The lowest BCUT2D eigenvalue weighted by atomic mass is 10.0. The Balaban J connectivity index is 1.78. The molecule has 0 unspecified atom stereocenters. The van der Waals surface area contributed by atoms with Crippen LogP contribution in [0.5, 0.6) is 0 Å². The van der Waals surface area contributed by atoms with Crippen molar-refractivity contribution in [2.75, 3.05) is 18.9 Å². The van der Waals surface area contributed by atoms with E-state index in [1.165, 1.54) is 0 Å². The van der Waals surface area contributed by atoms with Crippen LogP contribution in [-0.2, 0) is 4.79 Å². The first kappa shape index (κ1) is 13.6. The molecule has 0 saturated carbocycles. The van der Waals surface area contributed by atoms with Gasteiger partial charge in [0.1, 0.15) is 0 Å². The van der Waals surface area contributed by atoms with E-state index >= 15 is 0 Å². The summed E-state index contributed by atoms with van der Waals surface area (Å²) in [5.41, 5.74) is 2.05. The molecule has 1 aromatic heterocycles. The lowest BCUT2D eigenvalue weighted by Crippen LogP contribution is -2.44. The Morgan fingerprint density at radius 3 is 3.14 bits per heavy atom. The predicted molar refractivity (Wildman–Crippen MR) is 79.7 cm³/mol. The molecule has 1 aliphatic rings. The van der Waals surface area contributed by atoms with E-state index in [1.807, 2.05) is 7.05 Å². The molecular weight excluding hydrogens is 266 g/mol. The number of carbonyl (C=O) groups is 1. The number of aromatic nitrogens is 2. The number of fused-ring (bicyclic) bond motifs is 1. The van der Waals surface area contributed by atoms with Crippen molar-refractivity contribution in [2.45, 2.75) is 25.3 Å². The van der Waals surface area contributed by atoms with Gasteiger partial charge < -0.3 is 4.98 Å². The van der Waals surface area contributed by atoms with Crippen LogP contribution in [0.4, 0.5) is 5.95 Å². The average Bonchev–Trinajstić information content (AvgIpc) is 2.88. The lowest BCUT2D eigenvalue weighted by Gasteiger charge is -2.30. The van der Waals surface area contributed by atoms with Crippen LogP contribution >= 0.6 is 0 Å². The quantitative estimate of drug-likeness (QED) is 0.881. The smallest absolute Gasteiger partial charge is 0.244 e. The van der Waals surface area contributed by atoms with Gasteiger partial charge in [-0.2, -0.15) is 5.26 Å². The minimum atomic E-state index is -0.0957. The number of likely N-dealkylation sites (tertiary alicyclic amines) is 1. The maximum absolute atomic E-state index is 12.3. The molecule has 0 bridgehead atoms. The molecule has 6 nitrogen and oxygen atoms in total. The van der Waals surface area contributed by atoms with Gasteiger partial charge in [0.15, 0.2) is 0 Å². The lowest BCUT2D eigenvalue weighted by molar-refractivity contribution is -0.121. The van der Waals surface area contributed by atoms with Gasteiger partial charge >= 0.3 is 0 Å². The fourth-order valence-corrected chi connectivity index (χ4v) is 2.74. The third kappa shape index (κ3) is 2.73. The molecule has 0 radical (unpaired) electrons. The zero-order valence-corrected chi connectivity index (χ0v) is 11.9. The second-order valence-corrected chi connectivity index (χ2v) is 5.41. The molecule has 6 heteroatoms. The monoisotopic (exact) mass is 283 g/mol. The summed E-state index contributed by atoms with van der Waals surface area (Å²) in [5.74, 6) is 0.404. The summed E-state index contributed by atoms with van der Waals surface area (Å²) in [6.45, 7) is 0.948. The fourth-order valence-electron chi connectivity index (χ4n) is 2.74. The number of likely N-dealkylation sites (N-methyl/N-ethyl adjacent to an activating group) is 1. The summed E-state index contributed by atoms with van der Waals surface area (Å²) in [7, 11) is 1.97. The van der Waals surface area contributed by atoms with Crippen LogP contribution in [0.15, 0.2) is 18.2 Å². The Kier molecular flexibility index (Phi) is 3.59. The second-order valence-electron chi connectivity index (χ2n) is 5.41. The molecule has 1 saturated heterocycles. The van der Waals surface area contributed by atoms with Crippen molar-refractivity contribution >= 4 is 22.9 Å². The topological polar surface area (TPSA) is 84.8 Å². The number of hydrogen-bond acceptors (Lipinski definition) is 4. The van der Waals surface area contributed by atoms with Gasteiger partial charge in [-0.1, -0.05) is 6.42 Å². The van der Waals surface area contributed by atoms with Crippen molar-refractivity contribution in [3.8, 4) is 6.07 Å². The number of H-pyrrole nitrogens is 1. The van der Waals surface area contributed by atoms with E-state index in [-0.39, 0.29) is 11.9 Å². The number of carbonyl (C=O) groups excluding carboxylic acids is 1. The number of nitrogens with one attached hydrogen (secondary N) is 2. The van der Waals surface area contributed by atoms with E-state index in [0.29, 0.717) is 11.5 Å². The number of piperidine rings is 1. The normalized spacial score (nSPS) is 19.3. The molecule has 108 valence electrons. The zero-order chi connectivity index (χ0) is 14.8. The molecular formula is C15H17N5O. The number of anilines is 1. The van der Waals surface area contributed by atoms with E-state index in [1.54, 1.807) is 18.2 Å². The van der Waals surface area contributed by atoms with Gasteiger partial charge in [0.25, 0.3) is 0 Å². The van der Waals surface area contributed by atoms with Crippen LogP contribution in [0.3, 0.4) is 0 Å². The van der Waals surface area contributed by atoms with E-state index in [4.69, 9.17) is 5.26 Å². The van der Waals surface area contributed by atoms with Gasteiger partial charge in [0.05, 0.1) is 28.7 Å². The van der Waals surface area contributed by atoms with E-state index in [0.717, 1.165) is 36.8 Å². The zero-order valence-electron chi connectivity index (χ0n) is 11.9. The highest BCUT2D eigenvalue weighted by atomic mass is 16.2. The Morgan fingerprint density at radius 2 is 2.38 bits per heavy atom. The second kappa shape index (κ2) is 5.54. The van der Waals surface area contributed by atoms with Gasteiger partial charge in [-0.3, -0.25) is 15.0 Å². The Morgan fingerprint density at radius 1 is 1.52 bits per heavy atom. The molecule has 1 atom stereocenters. The number of amides is 1. The van der Waals surface area contributed by atoms with Crippen molar-refractivity contribution in [1.82, 2.24) is 14.9 Å². The molecule has 0 aliphatic carbocycles.